The number of alkyl halides is 3. The molecule has 0 aliphatic rings. The molecule has 1 atom stereocenters. The molecule has 0 aliphatic heterocycles. The average Bonchev–Trinajstić information content (AvgIpc) is 3.06. The first-order valence-electron chi connectivity index (χ1n) is 9.07. The van der Waals surface area contributed by atoms with Crippen LogP contribution >= 0.6 is 0 Å². The number of aryl methyl sites for hydroxylation is 1. The van der Waals surface area contributed by atoms with Crippen molar-refractivity contribution in [1.29, 1.82) is 0 Å². The van der Waals surface area contributed by atoms with E-state index in [1.165, 1.54) is 12.1 Å². The maximum atomic E-state index is 13.8. The molecule has 0 aliphatic carbocycles. The number of hydrogen-bond donors (Lipinski definition) is 1. The molecule has 0 saturated carbocycles. The first-order valence-corrected chi connectivity index (χ1v) is 9.07. The Balaban J connectivity index is 1.87. The van der Waals surface area contributed by atoms with Crippen molar-refractivity contribution < 1.29 is 32.5 Å². The SMILES string of the molecule is C=CC(=O)OCC(O)COc1ccc(-c2cc3ccccc3n2C)c(C(F)(F)F)c1. The van der Waals surface area contributed by atoms with Crippen LogP contribution in [-0.4, -0.2) is 35.0 Å². The summed E-state index contributed by atoms with van der Waals surface area (Å²) >= 11 is 0. The number of rotatable bonds is 7. The van der Waals surface area contributed by atoms with E-state index in [0.29, 0.717) is 5.69 Å². The summed E-state index contributed by atoms with van der Waals surface area (Å²) in [6, 6.07) is 12.7. The zero-order valence-corrected chi connectivity index (χ0v) is 16.1. The van der Waals surface area contributed by atoms with Crippen molar-refractivity contribution in [2.45, 2.75) is 12.3 Å². The predicted molar refractivity (Wildman–Crippen MR) is 106 cm³/mol. The average molecular weight is 419 g/mol. The normalized spacial score (nSPS) is 12.6. The summed E-state index contributed by atoms with van der Waals surface area (Å²) in [6.45, 7) is 2.53. The topological polar surface area (TPSA) is 60.7 Å². The second-order valence-electron chi connectivity index (χ2n) is 6.65. The van der Waals surface area contributed by atoms with E-state index in [4.69, 9.17) is 4.74 Å². The number of carbonyl (C=O) groups excluding carboxylic acids is 1. The van der Waals surface area contributed by atoms with Gasteiger partial charge in [-0.2, -0.15) is 13.2 Å². The molecule has 3 aromatic rings. The van der Waals surface area contributed by atoms with Gasteiger partial charge in [-0.15, -0.1) is 0 Å². The zero-order chi connectivity index (χ0) is 21.9. The highest BCUT2D eigenvalue weighted by Crippen LogP contribution is 2.40. The third-order valence-electron chi connectivity index (χ3n) is 4.55. The molecule has 8 heteroatoms. The van der Waals surface area contributed by atoms with Crippen molar-refractivity contribution in [3.8, 4) is 17.0 Å². The molecule has 158 valence electrons. The monoisotopic (exact) mass is 419 g/mol. The number of halogens is 3. The summed E-state index contributed by atoms with van der Waals surface area (Å²) in [6.07, 6.45) is -4.86. The zero-order valence-electron chi connectivity index (χ0n) is 16.1. The molecule has 0 radical (unpaired) electrons. The molecule has 1 unspecified atom stereocenters. The van der Waals surface area contributed by atoms with Gasteiger partial charge in [0.25, 0.3) is 0 Å². The number of para-hydroxylation sites is 1. The lowest BCUT2D eigenvalue weighted by atomic mass is 10.0. The van der Waals surface area contributed by atoms with E-state index >= 15 is 0 Å². The van der Waals surface area contributed by atoms with E-state index in [-0.39, 0.29) is 24.5 Å². The fraction of sp³-hybridized carbons (Fsp3) is 0.227. The quantitative estimate of drug-likeness (QED) is 0.457. The molecule has 1 heterocycles. The van der Waals surface area contributed by atoms with Gasteiger partial charge in [-0.1, -0.05) is 24.8 Å². The maximum absolute atomic E-state index is 13.8. The molecule has 0 amide bonds. The molecule has 3 rings (SSSR count). The molecule has 0 spiro atoms. The van der Waals surface area contributed by atoms with E-state index in [0.717, 1.165) is 23.0 Å². The first-order chi connectivity index (χ1) is 14.2. The Labute approximate surface area is 170 Å². The van der Waals surface area contributed by atoms with E-state index in [9.17, 15) is 23.1 Å². The van der Waals surface area contributed by atoms with Crippen molar-refractivity contribution in [3.63, 3.8) is 0 Å². The number of carbonyl (C=O) groups is 1. The van der Waals surface area contributed by atoms with Crippen molar-refractivity contribution in [2.75, 3.05) is 13.2 Å². The van der Waals surface area contributed by atoms with Crippen LogP contribution in [0.5, 0.6) is 5.75 Å². The lowest BCUT2D eigenvalue weighted by Gasteiger charge is -2.17. The van der Waals surface area contributed by atoms with Gasteiger partial charge < -0.3 is 19.1 Å². The van der Waals surface area contributed by atoms with Crippen LogP contribution in [0.3, 0.4) is 0 Å². The Morgan fingerprint density at radius 2 is 1.93 bits per heavy atom. The van der Waals surface area contributed by atoms with Gasteiger partial charge in [0.15, 0.2) is 0 Å². The van der Waals surface area contributed by atoms with Crippen LogP contribution in [0.25, 0.3) is 22.2 Å². The van der Waals surface area contributed by atoms with Gasteiger partial charge >= 0.3 is 12.1 Å². The van der Waals surface area contributed by atoms with Gasteiger partial charge in [-0.05, 0) is 30.3 Å². The van der Waals surface area contributed by atoms with Crippen LogP contribution in [-0.2, 0) is 22.8 Å². The van der Waals surface area contributed by atoms with Crippen LogP contribution in [0.1, 0.15) is 5.56 Å². The predicted octanol–water partition coefficient (Wildman–Crippen LogP) is 4.33. The van der Waals surface area contributed by atoms with Gasteiger partial charge in [0, 0.05) is 35.3 Å². The summed E-state index contributed by atoms with van der Waals surface area (Å²) < 4.78 is 53.0. The van der Waals surface area contributed by atoms with E-state index in [1.807, 2.05) is 24.3 Å². The van der Waals surface area contributed by atoms with Crippen LogP contribution in [0.2, 0.25) is 0 Å². The number of ether oxygens (including phenoxy) is 2. The van der Waals surface area contributed by atoms with Gasteiger partial charge in [-0.25, -0.2) is 4.79 Å². The molecule has 2 aromatic carbocycles. The summed E-state index contributed by atoms with van der Waals surface area (Å²) in [5, 5.41) is 10.6. The minimum Gasteiger partial charge on any atom is -0.491 e. The number of benzene rings is 2. The Kier molecular flexibility index (Phi) is 6.17. The summed E-state index contributed by atoms with van der Waals surface area (Å²) in [5.41, 5.74) is 0.414. The molecule has 1 aromatic heterocycles. The number of aliphatic hydroxyl groups is 1. The molecule has 0 saturated heterocycles. The fourth-order valence-corrected chi connectivity index (χ4v) is 3.10. The van der Waals surface area contributed by atoms with Gasteiger partial charge in [0.2, 0.25) is 0 Å². The number of esters is 1. The lowest BCUT2D eigenvalue weighted by Crippen LogP contribution is -2.24. The minimum atomic E-state index is -4.61. The number of aromatic nitrogens is 1. The van der Waals surface area contributed by atoms with Crippen LogP contribution in [0.4, 0.5) is 13.2 Å². The number of nitrogens with zero attached hydrogens (tertiary/aromatic N) is 1. The summed E-state index contributed by atoms with van der Waals surface area (Å²) in [7, 11) is 1.71. The highest BCUT2D eigenvalue weighted by Gasteiger charge is 2.35. The molecule has 0 bridgehead atoms. The number of fused-ring (bicyclic) bond motifs is 1. The highest BCUT2D eigenvalue weighted by molar-refractivity contribution is 5.87. The largest absolute Gasteiger partial charge is 0.491 e. The third-order valence-corrected chi connectivity index (χ3v) is 4.55. The second kappa shape index (κ2) is 8.62. The number of hydrogen-bond acceptors (Lipinski definition) is 4. The maximum Gasteiger partial charge on any atom is 0.417 e. The van der Waals surface area contributed by atoms with Gasteiger partial charge in [0.1, 0.15) is 25.1 Å². The van der Waals surface area contributed by atoms with Crippen molar-refractivity contribution in [2.24, 2.45) is 7.05 Å². The van der Waals surface area contributed by atoms with E-state index in [2.05, 4.69) is 11.3 Å². The van der Waals surface area contributed by atoms with Crippen LogP contribution in [0, 0.1) is 0 Å². The van der Waals surface area contributed by atoms with Crippen LogP contribution < -0.4 is 4.74 Å². The molecule has 30 heavy (non-hydrogen) atoms. The third kappa shape index (κ3) is 4.65. The lowest BCUT2D eigenvalue weighted by molar-refractivity contribution is -0.141. The van der Waals surface area contributed by atoms with Crippen molar-refractivity contribution >= 4 is 16.9 Å². The first kappa shape index (κ1) is 21.4. The van der Waals surface area contributed by atoms with Crippen molar-refractivity contribution in [3.05, 3.63) is 66.7 Å². The number of aliphatic hydroxyl groups excluding tert-OH is 1. The summed E-state index contributed by atoms with van der Waals surface area (Å²) in [4.78, 5) is 11.0. The smallest absolute Gasteiger partial charge is 0.417 e. The molecular formula is C22H20F3NO4. The Morgan fingerprint density at radius 3 is 2.60 bits per heavy atom. The van der Waals surface area contributed by atoms with E-state index < -0.39 is 23.8 Å². The molecule has 5 nitrogen and oxygen atoms in total. The van der Waals surface area contributed by atoms with Crippen LogP contribution in [0.15, 0.2) is 61.2 Å². The summed E-state index contributed by atoms with van der Waals surface area (Å²) in [5.74, 6) is -0.772. The highest BCUT2D eigenvalue weighted by atomic mass is 19.4. The van der Waals surface area contributed by atoms with E-state index in [1.54, 1.807) is 17.7 Å². The van der Waals surface area contributed by atoms with Gasteiger partial charge in [0.05, 0.1) is 5.56 Å². The molecule has 1 N–H and O–H groups in total. The molecular weight excluding hydrogens is 399 g/mol. The Morgan fingerprint density at radius 1 is 1.20 bits per heavy atom. The Bertz CT molecular complexity index is 1070. The second-order valence-corrected chi connectivity index (χ2v) is 6.65. The minimum absolute atomic E-state index is 0.0222. The van der Waals surface area contributed by atoms with Gasteiger partial charge in [-0.3, -0.25) is 0 Å². The van der Waals surface area contributed by atoms with Crippen molar-refractivity contribution in [1.82, 2.24) is 4.57 Å². The standard InChI is InChI=1S/C22H20F3NO4/c1-3-21(28)30-13-15(27)12-29-16-8-9-17(18(11-16)22(23,24)25)20-10-14-6-4-5-7-19(14)26(20)2/h3-11,15,27H,1,12-13H2,2H3. The fourth-order valence-electron chi connectivity index (χ4n) is 3.10. The molecule has 0 fully saturated rings. The Hall–Kier alpha value is -3.26.